The topological polar surface area (TPSA) is 122 Å². The van der Waals surface area contributed by atoms with Crippen LogP contribution in [-0.4, -0.2) is 44.2 Å². The van der Waals surface area contributed by atoms with Gasteiger partial charge in [-0.25, -0.2) is 13.1 Å². The summed E-state index contributed by atoms with van der Waals surface area (Å²) in [5.74, 6) is -0.235. The van der Waals surface area contributed by atoms with Gasteiger partial charge in [-0.05, 0) is 12.5 Å². The van der Waals surface area contributed by atoms with Gasteiger partial charge in [0.15, 0.2) is 0 Å². The third-order valence-electron chi connectivity index (χ3n) is 2.57. The summed E-state index contributed by atoms with van der Waals surface area (Å²) in [5, 5.41) is 22.4. The molecule has 1 aromatic rings. The molecule has 0 spiro atoms. The van der Waals surface area contributed by atoms with Crippen molar-refractivity contribution >= 4 is 15.7 Å². The Morgan fingerprint density at radius 2 is 1.90 bits per heavy atom. The number of non-ortho nitro benzene ring substituents is 1. The second-order valence-electron chi connectivity index (χ2n) is 4.63. The van der Waals surface area contributed by atoms with Gasteiger partial charge in [0.1, 0.15) is 0 Å². The molecule has 0 heterocycles. The summed E-state index contributed by atoms with van der Waals surface area (Å²) >= 11 is 0. The fourth-order valence-electron chi connectivity index (χ4n) is 1.59. The second kappa shape index (κ2) is 8.03. The quantitative estimate of drug-likeness (QED) is 0.334. The highest BCUT2D eigenvalue weighted by Gasteiger charge is 2.12. The fourth-order valence-corrected chi connectivity index (χ4v) is 2.74. The molecular formula is C12H19N3O5S. The predicted octanol–water partition coefficient (Wildman–Crippen LogP) is -0.0154. The molecular weight excluding hydrogens is 298 g/mol. The molecule has 118 valence electrons. The molecule has 1 unspecified atom stereocenters. The minimum atomic E-state index is -3.49. The van der Waals surface area contributed by atoms with Crippen LogP contribution in [0.3, 0.4) is 0 Å². The molecule has 0 saturated carbocycles. The highest BCUT2D eigenvalue weighted by Crippen LogP contribution is 2.13. The van der Waals surface area contributed by atoms with Gasteiger partial charge in [-0.3, -0.25) is 10.1 Å². The highest BCUT2D eigenvalue weighted by atomic mass is 32.2. The summed E-state index contributed by atoms with van der Waals surface area (Å²) in [6.45, 7) is 2.64. The number of nitrogens with zero attached hydrogens (tertiary/aromatic N) is 1. The maximum Gasteiger partial charge on any atom is 0.269 e. The Morgan fingerprint density at radius 1 is 1.29 bits per heavy atom. The van der Waals surface area contributed by atoms with Crippen LogP contribution in [-0.2, 0) is 15.8 Å². The third-order valence-corrected chi connectivity index (χ3v) is 3.92. The largest absolute Gasteiger partial charge is 0.392 e. The van der Waals surface area contributed by atoms with E-state index < -0.39 is 21.1 Å². The van der Waals surface area contributed by atoms with E-state index >= 15 is 0 Å². The van der Waals surface area contributed by atoms with Gasteiger partial charge in [-0.1, -0.05) is 12.1 Å². The molecule has 1 atom stereocenters. The van der Waals surface area contributed by atoms with Crippen molar-refractivity contribution in [2.24, 2.45) is 0 Å². The van der Waals surface area contributed by atoms with Crippen LogP contribution in [0.15, 0.2) is 24.3 Å². The summed E-state index contributed by atoms with van der Waals surface area (Å²) < 4.78 is 26.0. The minimum absolute atomic E-state index is 0.0774. The molecule has 0 saturated heterocycles. The molecule has 0 fully saturated rings. The van der Waals surface area contributed by atoms with Gasteiger partial charge in [-0.2, -0.15) is 0 Å². The van der Waals surface area contributed by atoms with Crippen molar-refractivity contribution in [1.82, 2.24) is 10.0 Å². The molecule has 8 nitrogen and oxygen atoms in total. The summed E-state index contributed by atoms with van der Waals surface area (Å²) in [5.41, 5.74) is 0.400. The van der Waals surface area contributed by atoms with Crippen molar-refractivity contribution in [2.75, 3.05) is 19.6 Å². The highest BCUT2D eigenvalue weighted by molar-refractivity contribution is 7.88. The van der Waals surface area contributed by atoms with E-state index in [1.54, 1.807) is 6.92 Å². The van der Waals surface area contributed by atoms with Crippen LogP contribution in [0.25, 0.3) is 0 Å². The molecule has 21 heavy (non-hydrogen) atoms. The van der Waals surface area contributed by atoms with E-state index in [-0.39, 0.29) is 18.0 Å². The molecule has 0 aliphatic heterocycles. The van der Waals surface area contributed by atoms with Crippen LogP contribution in [0, 0.1) is 10.1 Å². The summed E-state index contributed by atoms with van der Waals surface area (Å²) in [6, 6.07) is 5.39. The van der Waals surface area contributed by atoms with Crippen LogP contribution < -0.4 is 10.0 Å². The first-order valence-electron chi connectivity index (χ1n) is 6.39. The lowest BCUT2D eigenvalue weighted by Gasteiger charge is -2.09. The van der Waals surface area contributed by atoms with Crippen molar-refractivity contribution in [2.45, 2.75) is 18.8 Å². The van der Waals surface area contributed by atoms with Gasteiger partial charge in [0, 0.05) is 31.8 Å². The first kappa shape index (κ1) is 17.5. The zero-order chi connectivity index (χ0) is 15.9. The normalized spacial score (nSPS) is 13.0. The number of nitro benzene ring substituents is 1. The molecule has 9 heteroatoms. The van der Waals surface area contributed by atoms with Crippen molar-refractivity contribution in [1.29, 1.82) is 0 Å². The monoisotopic (exact) mass is 317 g/mol. The zero-order valence-corrected chi connectivity index (χ0v) is 12.5. The van der Waals surface area contributed by atoms with E-state index in [0.717, 1.165) is 0 Å². The van der Waals surface area contributed by atoms with Crippen molar-refractivity contribution < 1.29 is 18.4 Å². The van der Waals surface area contributed by atoms with E-state index in [2.05, 4.69) is 10.0 Å². The van der Waals surface area contributed by atoms with Crippen LogP contribution in [0.5, 0.6) is 0 Å². The summed E-state index contributed by atoms with van der Waals surface area (Å²) in [4.78, 5) is 9.96. The third kappa shape index (κ3) is 7.14. The number of aliphatic hydroxyl groups is 1. The molecule has 3 N–H and O–H groups in total. The van der Waals surface area contributed by atoms with E-state index in [1.807, 2.05) is 0 Å². The van der Waals surface area contributed by atoms with Gasteiger partial charge >= 0.3 is 0 Å². The molecule has 0 radical (unpaired) electrons. The number of rotatable bonds is 9. The zero-order valence-electron chi connectivity index (χ0n) is 11.7. The van der Waals surface area contributed by atoms with Crippen LogP contribution in [0.2, 0.25) is 0 Å². The van der Waals surface area contributed by atoms with E-state index in [1.165, 1.54) is 24.3 Å². The average Bonchev–Trinajstić information content (AvgIpc) is 2.38. The minimum Gasteiger partial charge on any atom is -0.392 e. The van der Waals surface area contributed by atoms with Gasteiger partial charge in [-0.15, -0.1) is 0 Å². The Bertz CT molecular complexity index is 557. The second-order valence-corrected chi connectivity index (χ2v) is 6.44. The molecule has 0 aliphatic rings. The standard InChI is InChI=1S/C12H19N3O5S/c1-10(16)8-13-6-7-14-21(19,20)9-11-2-4-12(5-3-11)15(17)18/h2-5,10,13-14,16H,6-9H2,1H3. The van der Waals surface area contributed by atoms with Crippen molar-refractivity contribution in [3.8, 4) is 0 Å². The molecule has 0 amide bonds. The first-order valence-corrected chi connectivity index (χ1v) is 8.05. The SMILES string of the molecule is CC(O)CNCCNS(=O)(=O)Cc1ccc([N+](=O)[O-])cc1. The predicted molar refractivity (Wildman–Crippen MR) is 78.3 cm³/mol. The van der Waals surface area contributed by atoms with Crippen LogP contribution >= 0.6 is 0 Å². The number of nitro groups is 1. The summed E-state index contributed by atoms with van der Waals surface area (Å²) in [7, 11) is -3.49. The summed E-state index contributed by atoms with van der Waals surface area (Å²) in [6.07, 6.45) is -0.485. The smallest absolute Gasteiger partial charge is 0.269 e. The number of aliphatic hydroxyl groups excluding tert-OH is 1. The van der Waals surface area contributed by atoms with Gasteiger partial charge in [0.05, 0.1) is 16.8 Å². The Labute approximate surface area is 123 Å². The Kier molecular flexibility index (Phi) is 6.69. The lowest BCUT2D eigenvalue weighted by atomic mass is 10.2. The first-order chi connectivity index (χ1) is 9.80. The molecule has 0 aliphatic carbocycles. The van der Waals surface area contributed by atoms with E-state index in [4.69, 9.17) is 5.11 Å². The van der Waals surface area contributed by atoms with E-state index in [9.17, 15) is 18.5 Å². The maximum absolute atomic E-state index is 11.8. The average molecular weight is 317 g/mol. The van der Waals surface area contributed by atoms with Crippen LogP contribution in [0.1, 0.15) is 12.5 Å². The van der Waals surface area contributed by atoms with Gasteiger partial charge in [0.2, 0.25) is 10.0 Å². The fraction of sp³-hybridized carbons (Fsp3) is 0.500. The molecule has 0 aromatic heterocycles. The molecule has 1 aromatic carbocycles. The number of benzene rings is 1. The molecule has 0 bridgehead atoms. The number of hydrogen-bond donors (Lipinski definition) is 3. The van der Waals surface area contributed by atoms with Gasteiger partial charge in [0.25, 0.3) is 5.69 Å². The Morgan fingerprint density at radius 3 is 2.43 bits per heavy atom. The number of sulfonamides is 1. The Balaban J connectivity index is 2.43. The number of nitrogens with one attached hydrogen (secondary N) is 2. The number of hydrogen-bond acceptors (Lipinski definition) is 6. The van der Waals surface area contributed by atoms with Crippen molar-refractivity contribution in [3.05, 3.63) is 39.9 Å². The van der Waals surface area contributed by atoms with Crippen LogP contribution in [0.4, 0.5) is 5.69 Å². The molecule has 1 rings (SSSR count). The Hall–Kier alpha value is -1.55. The lowest BCUT2D eigenvalue weighted by molar-refractivity contribution is -0.384. The lowest BCUT2D eigenvalue weighted by Crippen LogP contribution is -2.35. The van der Waals surface area contributed by atoms with Gasteiger partial charge < -0.3 is 10.4 Å². The van der Waals surface area contributed by atoms with Crippen molar-refractivity contribution in [3.63, 3.8) is 0 Å². The maximum atomic E-state index is 11.8. The van der Waals surface area contributed by atoms with E-state index in [0.29, 0.717) is 18.7 Å².